The molecule has 0 spiro atoms. The van der Waals surface area contributed by atoms with Gasteiger partial charge in [-0.25, -0.2) is 0 Å². The molecule has 0 aromatic rings. The van der Waals surface area contributed by atoms with Crippen molar-refractivity contribution in [3.63, 3.8) is 0 Å². The maximum atomic E-state index is 5.82. The van der Waals surface area contributed by atoms with E-state index >= 15 is 0 Å². The van der Waals surface area contributed by atoms with Gasteiger partial charge in [-0.2, -0.15) is 0 Å². The van der Waals surface area contributed by atoms with Crippen LogP contribution in [0.1, 0.15) is 60.8 Å². The molecule has 0 atom stereocenters. The third kappa shape index (κ3) is 7.05. The molecule has 2 nitrogen and oxygen atoms in total. The second-order valence-electron chi connectivity index (χ2n) is 6.48. The Bertz CT molecular complexity index is 183. The second-order valence-corrected chi connectivity index (χ2v) is 6.48. The zero-order valence-corrected chi connectivity index (χ0v) is 12.9. The summed E-state index contributed by atoms with van der Waals surface area (Å²) in [5, 5.41) is 0. The lowest BCUT2D eigenvalue weighted by Gasteiger charge is -2.34. The van der Waals surface area contributed by atoms with Crippen molar-refractivity contribution in [2.45, 2.75) is 66.8 Å². The van der Waals surface area contributed by atoms with Crippen molar-refractivity contribution in [2.75, 3.05) is 19.6 Å². The Balaban J connectivity index is 4.38. The molecule has 0 aliphatic carbocycles. The van der Waals surface area contributed by atoms with Crippen LogP contribution < -0.4 is 5.73 Å². The maximum absolute atomic E-state index is 5.82. The van der Waals surface area contributed by atoms with Crippen molar-refractivity contribution in [3.05, 3.63) is 0 Å². The Labute approximate surface area is 109 Å². The van der Waals surface area contributed by atoms with E-state index in [1.165, 1.54) is 32.4 Å². The van der Waals surface area contributed by atoms with Crippen LogP contribution in [-0.2, 0) is 0 Å². The van der Waals surface area contributed by atoms with Gasteiger partial charge in [-0.3, -0.25) is 0 Å². The normalized spacial score (nSPS) is 13.1. The van der Waals surface area contributed by atoms with Gasteiger partial charge >= 0.3 is 0 Å². The van der Waals surface area contributed by atoms with E-state index in [4.69, 9.17) is 5.73 Å². The second kappa shape index (κ2) is 8.10. The first kappa shape index (κ1) is 16.9. The zero-order valence-electron chi connectivity index (χ0n) is 12.9. The molecule has 104 valence electrons. The van der Waals surface area contributed by atoms with Crippen LogP contribution in [0.5, 0.6) is 0 Å². The molecular weight excluding hydrogens is 208 g/mol. The van der Waals surface area contributed by atoms with E-state index < -0.39 is 0 Å². The highest BCUT2D eigenvalue weighted by atomic mass is 15.2. The van der Waals surface area contributed by atoms with Gasteiger partial charge < -0.3 is 10.6 Å². The van der Waals surface area contributed by atoms with Crippen molar-refractivity contribution >= 4 is 0 Å². The molecule has 0 saturated carbocycles. The van der Waals surface area contributed by atoms with E-state index in [1.807, 2.05) is 0 Å². The van der Waals surface area contributed by atoms with Crippen LogP contribution in [-0.4, -0.2) is 30.6 Å². The van der Waals surface area contributed by atoms with Gasteiger partial charge in [0, 0.05) is 12.6 Å². The van der Waals surface area contributed by atoms with Gasteiger partial charge in [0.25, 0.3) is 0 Å². The van der Waals surface area contributed by atoms with Crippen LogP contribution in [0.15, 0.2) is 0 Å². The lowest BCUT2D eigenvalue weighted by Crippen LogP contribution is -2.40. The van der Waals surface area contributed by atoms with Crippen LogP contribution in [0.3, 0.4) is 0 Å². The monoisotopic (exact) mass is 242 g/mol. The average molecular weight is 242 g/mol. The number of hydrogen-bond donors (Lipinski definition) is 1. The molecule has 0 aliphatic heterocycles. The fraction of sp³-hybridized carbons (Fsp3) is 1.00. The molecule has 0 aliphatic rings. The molecule has 0 heterocycles. The summed E-state index contributed by atoms with van der Waals surface area (Å²) in [6, 6.07) is 0.742. The first-order valence-electron chi connectivity index (χ1n) is 7.30. The van der Waals surface area contributed by atoms with Crippen LogP contribution in [0, 0.1) is 11.3 Å². The molecule has 0 amide bonds. The molecule has 0 saturated heterocycles. The minimum atomic E-state index is 0.279. The van der Waals surface area contributed by atoms with E-state index in [9.17, 15) is 0 Å². The summed E-state index contributed by atoms with van der Waals surface area (Å²) in [5.74, 6) is 0.747. The molecule has 0 bridgehead atoms. The van der Waals surface area contributed by atoms with Crippen LogP contribution in [0.2, 0.25) is 0 Å². The standard InChI is InChI=1S/C15H34N2/c1-7-14(8-2)17(11-13(3)4)10-9-15(5,6)12-16/h13-14H,7-12,16H2,1-6H3. The van der Waals surface area contributed by atoms with E-state index in [0.717, 1.165) is 18.5 Å². The van der Waals surface area contributed by atoms with E-state index in [1.54, 1.807) is 0 Å². The van der Waals surface area contributed by atoms with Gasteiger partial charge in [0.05, 0.1) is 0 Å². The highest BCUT2D eigenvalue weighted by Gasteiger charge is 2.21. The Kier molecular flexibility index (Phi) is 8.06. The Morgan fingerprint density at radius 1 is 1.12 bits per heavy atom. The number of nitrogens with zero attached hydrogens (tertiary/aromatic N) is 1. The lowest BCUT2D eigenvalue weighted by atomic mass is 9.89. The van der Waals surface area contributed by atoms with Gasteiger partial charge in [0.1, 0.15) is 0 Å². The van der Waals surface area contributed by atoms with Gasteiger partial charge in [-0.1, -0.05) is 41.5 Å². The first-order chi connectivity index (χ1) is 7.86. The number of nitrogens with two attached hydrogens (primary N) is 1. The lowest BCUT2D eigenvalue weighted by molar-refractivity contribution is 0.142. The Morgan fingerprint density at radius 3 is 2.00 bits per heavy atom. The van der Waals surface area contributed by atoms with Crippen molar-refractivity contribution in [2.24, 2.45) is 17.1 Å². The van der Waals surface area contributed by atoms with Crippen LogP contribution >= 0.6 is 0 Å². The molecule has 2 N–H and O–H groups in total. The number of hydrogen-bond acceptors (Lipinski definition) is 2. The summed E-state index contributed by atoms with van der Waals surface area (Å²) < 4.78 is 0. The molecule has 0 rings (SSSR count). The summed E-state index contributed by atoms with van der Waals surface area (Å²) in [6.07, 6.45) is 3.71. The summed E-state index contributed by atoms with van der Waals surface area (Å²) in [4.78, 5) is 2.67. The molecule has 0 fully saturated rings. The Hall–Kier alpha value is -0.0800. The summed E-state index contributed by atoms with van der Waals surface area (Å²) in [6.45, 7) is 17.0. The van der Waals surface area contributed by atoms with Crippen molar-refractivity contribution in [3.8, 4) is 0 Å². The molecule has 0 aromatic heterocycles. The van der Waals surface area contributed by atoms with Crippen molar-refractivity contribution in [1.82, 2.24) is 4.90 Å². The van der Waals surface area contributed by atoms with Gasteiger partial charge in [-0.15, -0.1) is 0 Å². The van der Waals surface area contributed by atoms with Gasteiger partial charge in [-0.05, 0) is 43.7 Å². The molecule has 17 heavy (non-hydrogen) atoms. The minimum absolute atomic E-state index is 0.279. The fourth-order valence-electron chi connectivity index (χ4n) is 2.25. The fourth-order valence-corrected chi connectivity index (χ4v) is 2.25. The quantitative estimate of drug-likeness (QED) is 0.670. The maximum Gasteiger partial charge on any atom is 0.00901 e. The summed E-state index contributed by atoms with van der Waals surface area (Å²) in [5.41, 5.74) is 6.10. The molecular formula is C15H34N2. The topological polar surface area (TPSA) is 29.3 Å². The highest BCUT2D eigenvalue weighted by molar-refractivity contribution is 4.76. The molecule has 0 radical (unpaired) electrons. The zero-order chi connectivity index (χ0) is 13.5. The number of rotatable bonds is 9. The van der Waals surface area contributed by atoms with Gasteiger partial charge in [0.15, 0.2) is 0 Å². The third-order valence-electron chi connectivity index (χ3n) is 3.69. The van der Waals surface area contributed by atoms with Crippen LogP contribution in [0.4, 0.5) is 0 Å². The summed E-state index contributed by atoms with van der Waals surface area (Å²) >= 11 is 0. The van der Waals surface area contributed by atoms with E-state index in [2.05, 4.69) is 46.4 Å². The van der Waals surface area contributed by atoms with Crippen molar-refractivity contribution < 1.29 is 0 Å². The average Bonchev–Trinajstić information content (AvgIpc) is 2.26. The third-order valence-corrected chi connectivity index (χ3v) is 3.69. The van der Waals surface area contributed by atoms with Crippen molar-refractivity contribution in [1.29, 1.82) is 0 Å². The predicted octanol–water partition coefficient (Wildman–Crippen LogP) is 3.51. The Morgan fingerprint density at radius 2 is 1.65 bits per heavy atom. The van der Waals surface area contributed by atoms with E-state index in [-0.39, 0.29) is 5.41 Å². The summed E-state index contributed by atoms with van der Waals surface area (Å²) in [7, 11) is 0. The molecule has 2 heteroatoms. The highest BCUT2D eigenvalue weighted by Crippen LogP contribution is 2.21. The SMILES string of the molecule is CCC(CC)N(CCC(C)(C)CN)CC(C)C. The van der Waals surface area contributed by atoms with Gasteiger partial charge in [0.2, 0.25) is 0 Å². The largest absolute Gasteiger partial charge is 0.330 e. The molecule has 0 aromatic carbocycles. The first-order valence-corrected chi connectivity index (χ1v) is 7.30. The van der Waals surface area contributed by atoms with E-state index in [0.29, 0.717) is 0 Å². The smallest absolute Gasteiger partial charge is 0.00901 e. The minimum Gasteiger partial charge on any atom is -0.330 e. The predicted molar refractivity (Wildman–Crippen MR) is 78.2 cm³/mol. The molecule has 0 unspecified atom stereocenters. The van der Waals surface area contributed by atoms with Crippen LogP contribution in [0.25, 0.3) is 0 Å².